The van der Waals surface area contributed by atoms with Crippen molar-refractivity contribution in [1.82, 2.24) is 9.97 Å². The van der Waals surface area contributed by atoms with Crippen LogP contribution in [0.1, 0.15) is 17.9 Å². The molecule has 2 aromatic rings. The van der Waals surface area contributed by atoms with Gasteiger partial charge < -0.3 is 5.43 Å². The third-order valence-corrected chi connectivity index (χ3v) is 3.23. The molecule has 1 aliphatic rings. The smallest absolute Gasteiger partial charge is 0.255 e. The van der Waals surface area contributed by atoms with Gasteiger partial charge in [-0.05, 0) is 5.56 Å². The Bertz CT molecular complexity index is 581. The number of nitrogens with two attached hydrogens (primary N) is 1. The van der Waals surface area contributed by atoms with E-state index in [9.17, 15) is 8.78 Å². The molecule has 1 fully saturated rings. The van der Waals surface area contributed by atoms with Gasteiger partial charge in [-0.25, -0.2) is 19.6 Å². The maximum atomic E-state index is 12.9. The fourth-order valence-corrected chi connectivity index (χ4v) is 2.01. The van der Waals surface area contributed by atoms with E-state index in [2.05, 4.69) is 15.4 Å². The van der Waals surface area contributed by atoms with Gasteiger partial charge >= 0.3 is 0 Å². The van der Waals surface area contributed by atoms with E-state index < -0.39 is 11.8 Å². The summed E-state index contributed by atoms with van der Waals surface area (Å²) in [6, 6.07) is 7.00. The maximum Gasteiger partial charge on any atom is 0.255 e. The van der Waals surface area contributed by atoms with Crippen molar-refractivity contribution in [3.05, 3.63) is 42.2 Å². The quantitative estimate of drug-likeness (QED) is 0.659. The Hall–Kier alpha value is -2.08. The summed E-state index contributed by atoms with van der Waals surface area (Å²) in [6.07, 6.45) is 3.04. The monoisotopic (exact) mass is 262 g/mol. The van der Waals surface area contributed by atoms with Crippen molar-refractivity contribution in [3.63, 3.8) is 0 Å². The Morgan fingerprint density at radius 1 is 1.16 bits per heavy atom. The first kappa shape index (κ1) is 12.0. The van der Waals surface area contributed by atoms with Crippen LogP contribution >= 0.6 is 0 Å². The fraction of sp³-hybridized carbons (Fsp3) is 0.231. The molecular formula is C13H12F2N4. The van der Waals surface area contributed by atoms with E-state index in [1.54, 1.807) is 30.5 Å². The van der Waals surface area contributed by atoms with Crippen molar-refractivity contribution in [2.45, 2.75) is 18.3 Å². The third kappa shape index (κ3) is 2.26. The highest BCUT2D eigenvalue weighted by atomic mass is 19.3. The van der Waals surface area contributed by atoms with Gasteiger partial charge in [0.2, 0.25) is 0 Å². The highest BCUT2D eigenvalue weighted by Crippen LogP contribution is 2.55. The molecule has 0 saturated heterocycles. The maximum absolute atomic E-state index is 12.9. The Morgan fingerprint density at radius 3 is 2.32 bits per heavy atom. The molecule has 1 aromatic carbocycles. The number of benzene rings is 1. The van der Waals surface area contributed by atoms with Gasteiger partial charge in [-0.2, -0.15) is 0 Å². The molecule has 3 rings (SSSR count). The molecule has 0 amide bonds. The van der Waals surface area contributed by atoms with E-state index in [-0.39, 0.29) is 6.42 Å². The number of hydrogen-bond donors (Lipinski definition) is 2. The average Bonchev–Trinajstić information content (AvgIpc) is 3.08. The van der Waals surface area contributed by atoms with Gasteiger partial charge in [-0.1, -0.05) is 24.3 Å². The van der Waals surface area contributed by atoms with Gasteiger partial charge in [0.05, 0.1) is 24.0 Å². The van der Waals surface area contributed by atoms with E-state index in [0.29, 0.717) is 17.1 Å². The number of nitrogen functional groups attached to an aromatic ring is 1. The molecule has 19 heavy (non-hydrogen) atoms. The minimum absolute atomic E-state index is 0.0526. The molecule has 3 N–H and O–H groups in total. The minimum Gasteiger partial charge on any atom is -0.307 e. The molecule has 0 radical (unpaired) electrons. The molecule has 98 valence electrons. The number of aromatic nitrogens is 2. The lowest BCUT2D eigenvalue weighted by atomic mass is 10.1. The second kappa shape index (κ2) is 4.24. The zero-order chi connectivity index (χ0) is 13.5. The number of hydrogen-bond acceptors (Lipinski definition) is 4. The molecular weight excluding hydrogens is 250 g/mol. The zero-order valence-corrected chi connectivity index (χ0v) is 9.98. The first-order valence-electron chi connectivity index (χ1n) is 5.87. The van der Waals surface area contributed by atoms with Gasteiger partial charge in [-0.15, -0.1) is 0 Å². The zero-order valence-electron chi connectivity index (χ0n) is 9.98. The van der Waals surface area contributed by atoms with Crippen LogP contribution in [0.3, 0.4) is 0 Å². The average molecular weight is 262 g/mol. The molecule has 1 aromatic heterocycles. The highest BCUT2D eigenvalue weighted by molar-refractivity contribution is 5.59. The van der Waals surface area contributed by atoms with Crippen molar-refractivity contribution in [3.8, 4) is 11.3 Å². The number of nitrogens with one attached hydrogen (secondary N) is 1. The topological polar surface area (TPSA) is 63.8 Å². The molecule has 6 heteroatoms. The van der Waals surface area contributed by atoms with Crippen LogP contribution in [-0.4, -0.2) is 15.9 Å². The van der Waals surface area contributed by atoms with Gasteiger partial charge in [0.1, 0.15) is 0 Å². The van der Waals surface area contributed by atoms with Crippen LogP contribution in [-0.2, 0) is 0 Å². The van der Waals surface area contributed by atoms with Crippen LogP contribution in [0.4, 0.5) is 14.6 Å². The van der Waals surface area contributed by atoms with Crippen molar-refractivity contribution in [2.75, 3.05) is 5.43 Å². The molecule has 1 heterocycles. The molecule has 0 bridgehead atoms. The highest BCUT2D eigenvalue weighted by Gasteiger charge is 2.57. The summed E-state index contributed by atoms with van der Waals surface area (Å²) in [5.41, 5.74) is 4.57. The fourth-order valence-electron chi connectivity index (χ4n) is 2.01. The summed E-state index contributed by atoms with van der Waals surface area (Å²) in [7, 11) is 0. The van der Waals surface area contributed by atoms with E-state index >= 15 is 0 Å². The van der Waals surface area contributed by atoms with Crippen LogP contribution in [0.5, 0.6) is 0 Å². The molecule has 0 spiro atoms. The second-order valence-corrected chi connectivity index (χ2v) is 4.57. The molecule has 0 aliphatic heterocycles. The van der Waals surface area contributed by atoms with Crippen LogP contribution in [0.15, 0.2) is 36.7 Å². The molecule has 4 nitrogen and oxygen atoms in total. The Labute approximate surface area is 108 Å². The first-order valence-corrected chi connectivity index (χ1v) is 5.87. The van der Waals surface area contributed by atoms with Gasteiger partial charge in [-0.3, -0.25) is 4.98 Å². The van der Waals surface area contributed by atoms with E-state index in [1.807, 2.05) is 0 Å². The molecule has 1 unspecified atom stereocenters. The number of hydrazine groups is 1. The summed E-state index contributed by atoms with van der Waals surface area (Å²) in [5, 5.41) is 0. The predicted octanol–water partition coefficient (Wildman–Crippen LogP) is 2.55. The lowest BCUT2D eigenvalue weighted by Crippen LogP contribution is -2.08. The summed E-state index contributed by atoms with van der Waals surface area (Å²) < 4.78 is 25.9. The Morgan fingerprint density at radius 2 is 1.84 bits per heavy atom. The summed E-state index contributed by atoms with van der Waals surface area (Å²) >= 11 is 0. The van der Waals surface area contributed by atoms with Crippen molar-refractivity contribution in [2.24, 2.45) is 5.84 Å². The molecule has 1 aliphatic carbocycles. The summed E-state index contributed by atoms with van der Waals surface area (Å²) in [6.45, 7) is 0. The van der Waals surface area contributed by atoms with Crippen LogP contribution in [0.25, 0.3) is 11.3 Å². The second-order valence-electron chi connectivity index (χ2n) is 4.57. The Kier molecular flexibility index (Phi) is 2.67. The number of nitrogens with zero attached hydrogens (tertiary/aromatic N) is 2. The van der Waals surface area contributed by atoms with E-state index in [4.69, 9.17) is 5.84 Å². The summed E-state index contributed by atoms with van der Waals surface area (Å²) in [4.78, 5) is 8.23. The lowest BCUT2D eigenvalue weighted by molar-refractivity contribution is 0.112. The number of alkyl halides is 2. The van der Waals surface area contributed by atoms with Crippen LogP contribution < -0.4 is 11.3 Å². The standard InChI is InChI=1S/C13H12F2N4/c14-13(15)5-10(13)8-1-3-9(4-2-8)11-6-18-12(19-16)7-17-11/h1-4,6-7,10H,5,16H2,(H,18,19). The van der Waals surface area contributed by atoms with Crippen molar-refractivity contribution >= 4 is 5.82 Å². The van der Waals surface area contributed by atoms with E-state index in [0.717, 1.165) is 5.56 Å². The normalized spacial score (nSPS) is 20.1. The largest absolute Gasteiger partial charge is 0.307 e. The third-order valence-electron chi connectivity index (χ3n) is 3.23. The minimum atomic E-state index is -2.53. The van der Waals surface area contributed by atoms with Gasteiger partial charge in [0.25, 0.3) is 5.92 Å². The SMILES string of the molecule is NNc1cnc(-c2ccc(C3CC3(F)F)cc2)cn1. The number of halogens is 2. The lowest BCUT2D eigenvalue weighted by Gasteiger charge is -2.04. The van der Waals surface area contributed by atoms with Gasteiger partial charge in [0.15, 0.2) is 5.82 Å². The summed E-state index contributed by atoms with van der Waals surface area (Å²) in [5.74, 6) is 2.51. The predicted molar refractivity (Wildman–Crippen MR) is 67.6 cm³/mol. The molecule has 1 atom stereocenters. The van der Waals surface area contributed by atoms with Gasteiger partial charge in [0, 0.05) is 12.0 Å². The number of rotatable bonds is 3. The molecule has 1 saturated carbocycles. The van der Waals surface area contributed by atoms with Crippen LogP contribution in [0, 0.1) is 0 Å². The van der Waals surface area contributed by atoms with Crippen molar-refractivity contribution < 1.29 is 8.78 Å². The Balaban J connectivity index is 1.82. The van der Waals surface area contributed by atoms with E-state index in [1.165, 1.54) is 6.20 Å². The van der Waals surface area contributed by atoms with Crippen LogP contribution in [0.2, 0.25) is 0 Å². The number of anilines is 1. The van der Waals surface area contributed by atoms with Crippen molar-refractivity contribution in [1.29, 1.82) is 0 Å². The first-order chi connectivity index (χ1) is 9.10.